The maximum Gasteiger partial charge on any atom is 0.189 e. The maximum atomic E-state index is 5.54. The van der Waals surface area contributed by atoms with Crippen LogP contribution in [0.2, 0.25) is 0 Å². The first-order valence-corrected chi connectivity index (χ1v) is 4.95. The zero-order valence-corrected chi connectivity index (χ0v) is 8.84. The molecule has 1 heterocycles. The van der Waals surface area contributed by atoms with Gasteiger partial charge in [-0.25, -0.2) is 4.99 Å². The molecule has 0 bridgehead atoms. The molecular weight excluding hydrogens is 164 g/mol. The zero-order valence-electron chi connectivity index (χ0n) is 8.84. The largest absolute Gasteiger partial charge is 0.478 e. The normalized spacial score (nSPS) is 22.8. The van der Waals surface area contributed by atoms with E-state index in [2.05, 4.69) is 25.8 Å². The molecule has 0 saturated heterocycles. The van der Waals surface area contributed by atoms with E-state index in [0.29, 0.717) is 6.04 Å². The molecule has 2 N–H and O–H groups in total. The van der Waals surface area contributed by atoms with Gasteiger partial charge in [-0.2, -0.15) is 0 Å². The van der Waals surface area contributed by atoms with Crippen molar-refractivity contribution in [2.45, 2.75) is 39.7 Å². The van der Waals surface area contributed by atoms with Crippen LogP contribution in [0, 0.1) is 5.41 Å². The molecule has 1 atom stereocenters. The van der Waals surface area contributed by atoms with E-state index in [1.807, 2.05) is 0 Å². The van der Waals surface area contributed by atoms with Gasteiger partial charge in [0, 0.05) is 5.41 Å². The number of rotatable bonds is 3. The third kappa shape index (κ3) is 2.99. The highest BCUT2D eigenvalue weighted by atomic mass is 16.5. The molecule has 0 fully saturated rings. The average molecular weight is 184 g/mol. The van der Waals surface area contributed by atoms with Crippen molar-refractivity contribution in [2.24, 2.45) is 16.1 Å². The Morgan fingerprint density at radius 1 is 1.54 bits per heavy atom. The fourth-order valence-corrected chi connectivity index (χ4v) is 1.33. The van der Waals surface area contributed by atoms with Crippen molar-refractivity contribution < 1.29 is 4.74 Å². The smallest absolute Gasteiger partial charge is 0.189 e. The van der Waals surface area contributed by atoms with Crippen molar-refractivity contribution in [3.05, 3.63) is 0 Å². The lowest BCUT2D eigenvalue weighted by Crippen LogP contribution is -2.20. The molecule has 76 valence electrons. The number of hydrogen-bond donors (Lipinski definition) is 1. The second-order valence-electron chi connectivity index (χ2n) is 4.58. The lowest BCUT2D eigenvalue weighted by Gasteiger charge is -2.16. The second kappa shape index (κ2) is 4.09. The fraction of sp³-hybridized carbons (Fsp3) is 0.900. The number of nitrogens with zero attached hydrogens (tertiary/aromatic N) is 1. The van der Waals surface area contributed by atoms with Crippen LogP contribution in [0.25, 0.3) is 0 Å². The van der Waals surface area contributed by atoms with Crippen LogP contribution in [0.3, 0.4) is 0 Å². The summed E-state index contributed by atoms with van der Waals surface area (Å²) in [6.07, 6.45) is 2.09. The summed E-state index contributed by atoms with van der Waals surface area (Å²) in [5.74, 6) is 0.898. The summed E-state index contributed by atoms with van der Waals surface area (Å²) in [6, 6.07) is 0.345. The van der Waals surface area contributed by atoms with Gasteiger partial charge in [0.1, 0.15) is 6.61 Å². The summed E-state index contributed by atoms with van der Waals surface area (Å²) >= 11 is 0. The van der Waals surface area contributed by atoms with Crippen molar-refractivity contribution in [2.75, 3.05) is 13.2 Å². The van der Waals surface area contributed by atoms with E-state index >= 15 is 0 Å². The van der Waals surface area contributed by atoms with Gasteiger partial charge in [0.15, 0.2) is 5.90 Å². The maximum absolute atomic E-state index is 5.54. The van der Waals surface area contributed by atoms with Gasteiger partial charge < -0.3 is 10.5 Å². The molecule has 0 amide bonds. The topological polar surface area (TPSA) is 47.6 Å². The average Bonchev–Trinajstić information content (AvgIpc) is 2.47. The Morgan fingerprint density at radius 3 is 2.69 bits per heavy atom. The van der Waals surface area contributed by atoms with Crippen molar-refractivity contribution in [1.29, 1.82) is 0 Å². The highest BCUT2D eigenvalue weighted by Crippen LogP contribution is 2.23. The summed E-state index contributed by atoms with van der Waals surface area (Å²) in [6.45, 7) is 7.86. The minimum atomic E-state index is 0.0530. The Bertz CT molecular complexity index is 194. The predicted molar refractivity (Wildman–Crippen MR) is 54.9 cm³/mol. The summed E-state index contributed by atoms with van der Waals surface area (Å²) in [4.78, 5) is 4.54. The molecule has 0 radical (unpaired) electrons. The first-order valence-electron chi connectivity index (χ1n) is 4.95. The number of aliphatic imine (C=N–C) groups is 1. The number of nitrogens with two attached hydrogens (primary N) is 1. The Balaban J connectivity index is 2.44. The molecular formula is C10H20N2O. The molecule has 13 heavy (non-hydrogen) atoms. The minimum absolute atomic E-state index is 0.0530. The van der Waals surface area contributed by atoms with E-state index in [1.165, 1.54) is 0 Å². The monoisotopic (exact) mass is 184 g/mol. The Labute approximate surface area is 80.4 Å². The highest BCUT2D eigenvalue weighted by molar-refractivity contribution is 5.82. The van der Waals surface area contributed by atoms with E-state index < -0.39 is 0 Å². The van der Waals surface area contributed by atoms with Crippen LogP contribution in [0.15, 0.2) is 4.99 Å². The van der Waals surface area contributed by atoms with Crippen LogP contribution >= 0.6 is 0 Å². The van der Waals surface area contributed by atoms with E-state index in [-0.39, 0.29) is 5.41 Å². The van der Waals surface area contributed by atoms with E-state index in [4.69, 9.17) is 10.5 Å². The lowest BCUT2D eigenvalue weighted by molar-refractivity contribution is 0.278. The van der Waals surface area contributed by atoms with Crippen molar-refractivity contribution in [3.63, 3.8) is 0 Å². The van der Waals surface area contributed by atoms with Gasteiger partial charge in [-0.1, -0.05) is 20.8 Å². The summed E-state index contributed by atoms with van der Waals surface area (Å²) in [5.41, 5.74) is 5.49. The first kappa shape index (κ1) is 10.5. The van der Waals surface area contributed by atoms with E-state index in [1.54, 1.807) is 0 Å². The van der Waals surface area contributed by atoms with Crippen molar-refractivity contribution in [1.82, 2.24) is 0 Å². The van der Waals surface area contributed by atoms with Gasteiger partial charge in [0.25, 0.3) is 0 Å². The van der Waals surface area contributed by atoms with E-state index in [0.717, 1.165) is 31.9 Å². The molecule has 1 aliphatic heterocycles. The SMILES string of the molecule is CC(C)(C)C1=NC(CCCN)CO1. The van der Waals surface area contributed by atoms with Gasteiger partial charge in [-0.3, -0.25) is 0 Å². The van der Waals surface area contributed by atoms with Gasteiger partial charge in [0.05, 0.1) is 6.04 Å². The summed E-state index contributed by atoms with van der Waals surface area (Å²) < 4.78 is 5.54. The molecule has 0 aliphatic carbocycles. The quantitative estimate of drug-likeness (QED) is 0.723. The van der Waals surface area contributed by atoms with Crippen LogP contribution in [0.4, 0.5) is 0 Å². The third-order valence-corrected chi connectivity index (χ3v) is 2.10. The first-order chi connectivity index (χ1) is 6.04. The summed E-state index contributed by atoms with van der Waals surface area (Å²) in [7, 11) is 0. The Morgan fingerprint density at radius 2 is 2.23 bits per heavy atom. The minimum Gasteiger partial charge on any atom is -0.478 e. The molecule has 3 heteroatoms. The van der Waals surface area contributed by atoms with Crippen LogP contribution in [0.5, 0.6) is 0 Å². The molecule has 0 spiro atoms. The van der Waals surface area contributed by atoms with Crippen molar-refractivity contribution in [3.8, 4) is 0 Å². The molecule has 1 rings (SSSR count). The molecule has 0 aromatic heterocycles. The second-order valence-corrected chi connectivity index (χ2v) is 4.58. The van der Waals surface area contributed by atoms with Crippen LogP contribution in [-0.4, -0.2) is 25.1 Å². The van der Waals surface area contributed by atoms with Crippen LogP contribution in [-0.2, 0) is 4.74 Å². The van der Waals surface area contributed by atoms with E-state index in [9.17, 15) is 0 Å². The molecule has 0 aromatic carbocycles. The highest BCUT2D eigenvalue weighted by Gasteiger charge is 2.27. The molecule has 1 aliphatic rings. The van der Waals surface area contributed by atoms with Gasteiger partial charge in [-0.15, -0.1) is 0 Å². The molecule has 1 unspecified atom stereocenters. The number of hydrogen-bond acceptors (Lipinski definition) is 3. The Hall–Kier alpha value is -0.570. The lowest BCUT2D eigenvalue weighted by atomic mass is 9.97. The standard InChI is InChI=1S/C10H20N2O/c1-10(2,3)9-12-8(7-13-9)5-4-6-11/h8H,4-7,11H2,1-3H3. The summed E-state index contributed by atoms with van der Waals surface area (Å²) in [5, 5.41) is 0. The predicted octanol–water partition coefficient (Wildman–Crippen LogP) is 1.57. The molecule has 3 nitrogen and oxygen atoms in total. The fourth-order valence-electron chi connectivity index (χ4n) is 1.33. The van der Waals surface area contributed by atoms with Crippen LogP contribution < -0.4 is 5.73 Å². The zero-order chi connectivity index (χ0) is 9.90. The number of ether oxygens (including phenoxy) is 1. The van der Waals surface area contributed by atoms with Gasteiger partial charge in [-0.05, 0) is 19.4 Å². The third-order valence-electron chi connectivity index (χ3n) is 2.10. The molecule has 0 aromatic rings. The Kier molecular flexibility index (Phi) is 3.31. The van der Waals surface area contributed by atoms with Crippen LogP contribution in [0.1, 0.15) is 33.6 Å². The van der Waals surface area contributed by atoms with Crippen molar-refractivity contribution >= 4 is 5.90 Å². The van der Waals surface area contributed by atoms with Gasteiger partial charge in [0.2, 0.25) is 0 Å². The molecule has 0 saturated carbocycles. The van der Waals surface area contributed by atoms with Gasteiger partial charge >= 0.3 is 0 Å².